The number of amides is 1. The molecule has 42 heavy (non-hydrogen) atoms. The molecule has 1 aliphatic heterocycles. The molecule has 10 heteroatoms. The van der Waals surface area contributed by atoms with Crippen LogP contribution in [0.1, 0.15) is 136 Å². The van der Waals surface area contributed by atoms with Crippen molar-refractivity contribution >= 4 is 5.91 Å². The SMILES string of the molecule is CCCCCCCCCCCCCCCCCCCC(=O)N[C@@H](CO[C@H]1OC(CO)[C@H](O)[C@H](O)C1O)C(O)[C@H](O)CC. The molecule has 0 bridgehead atoms. The van der Waals surface area contributed by atoms with Crippen LogP contribution in [0.4, 0.5) is 0 Å². The van der Waals surface area contributed by atoms with Gasteiger partial charge in [-0.3, -0.25) is 4.79 Å². The van der Waals surface area contributed by atoms with Gasteiger partial charge in [-0.25, -0.2) is 0 Å². The van der Waals surface area contributed by atoms with E-state index in [2.05, 4.69) is 12.2 Å². The van der Waals surface area contributed by atoms with Gasteiger partial charge in [0.25, 0.3) is 0 Å². The molecule has 10 nitrogen and oxygen atoms in total. The van der Waals surface area contributed by atoms with E-state index in [9.17, 15) is 35.4 Å². The van der Waals surface area contributed by atoms with E-state index in [-0.39, 0.29) is 25.4 Å². The number of aliphatic hydroxyl groups is 6. The topological polar surface area (TPSA) is 169 Å². The fourth-order valence-corrected chi connectivity index (χ4v) is 5.43. The van der Waals surface area contributed by atoms with Gasteiger partial charge in [0.2, 0.25) is 5.91 Å². The van der Waals surface area contributed by atoms with E-state index in [1.807, 2.05) is 0 Å². The van der Waals surface area contributed by atoms with Crippen LogP contribution in [0.25, 0.3) is 0 Å². The van der Waals surface area contributed by atoms with Crippen molar-refractivity contribution in [3.8, 4) is 0 Å². The van der Waals surface area contributed by atoms with Gasteiger partial charge in [0.05, 0.1) is 25.4 Å². The zero-order chi connectivity index (χ0) is 31.2. The molecule has 1 amide bonds. The van der Waals surface area contributed by atoms with E-state index >= 15 is 0 Å². The lowest BCUT2D eigenvalue weighted by molar-refractivity contribution is -0.303. The Kier molecular flexibility index (Phi) is 22.8. The van der Waals surface area contributed by atoms with Gasteiger partial charge in [-0.15, -0.1) is 0 Å². The molecule has 0 aromatic rings. The number of carbonyl (C=O) groups is 1. The van der Waals surface area contributed by atoms with E-state index in [0.717, 1.165) is 25.7 Å². The Morgan fingerprint density at radius 3 is 1.67 bits per heavy atom. The molecule has 7 N–H and O–H groups in total. The highest BCUT2D eigenvalue weighted by atomic mass is 16.7. The lowest BCUT2D eigenvalue weighted by Crippen LogP contribution is -2.60. The van der Waals surface area contributed by atoms with Gasteiger partial charge in [0, 0.05) is 6.42 Å². The number of aliphatic hydroxyl groups excluding tert-OH is 6. The van der Waals surface area contributed by atoms with Crippen molar-refractivity contribution in [2.24, 2.45) is 0 Å². The first-order valence-electron chi connectivity index (χ1n) is 16.8. The average molecular weight is 606 g/mol. The Hall–Kier alpha value is -0.850. The number of hydrogen-bond donors (Lipinski definition) is 7. The summed E-state index contributed by atoms with van der Waals surface area (Å²) in [4.78, 5) is 12.6. The zero-order valence-corrected chi connectivity index (χ0v) is 26.4. The van der Waals surface area contributed by atoms with Crippen LogP contribution in [-0.2, 0) is 14.3 Å². The predicted molar refractivity (Wildman–Crippen MR) is 163 cm³/mol. The Morgan fingerprint density at radius 2 is 1.21 bits per heavy atom. The molecule has 0 saturated carbocycles. The summed E-state index contributed by atoms with van der Waals surface area (Å²) in [5.41, 5.74) is 0. The van der Waals surface area contributed by atoms with Crippen LogP contribution in [-0.4, -0.2) is 98.7 Å². The molecule has 8 atom stereocenters. The van der Waals surface area contributed by atoms with Crippen molar-refractivity contribution in [1.82, 2.24) is 5.32 Å². The van der Waals surface area contributed by atoms with Crippen molar-refractivity contribution in [3.63, 3.8) is 0 Å². The number of ether oxygens (including phenoxy) is 2. The van der Waals surface area contributed by atoms with Crippen LogP contribution in [0, 0.1) is 0 Å². The summed E-state index contributed by atoms with van der Waals surface area (Å²) in [6, 6.07) is -0.981. The number of unbranched alkanes of at least 4 members (excludes halogenated alkanes) is 16. The third kappa shape index (κ3) is 16.3. The molecular weight excluding hydrogens is 542 g/mol. The molecule has 0 radical (unpaired) electrons. The van der Waals surface area contributed by atoms with Gasteiger partial charge in [-0.05, 0) is 12.8 Å². The van der Waals surface area contributed by atoms with Crippen LogP contribution in [0.2, 0.25) is 0 Å². The molecular formula is C32H63NO9. The molecule has 0 aromatic heterocycles. The second kappa shape index (κ2) is 24.5. The van der Waals surface area contributed by atoms with Gasteiger partial charge in [0.15, 0.2) is 6.29 Å². The molecule has 0 spiro atoms. The predicted octanol–water partition coefficient (Wildman–Crippen LogP) is 3.46. The lowest BCUT2D eigenvalue weighted by Gasteiger charge is -2.40. The van der Waals surface area contributed by atoms with Gasteiger partial charge in [-0.1, -0.05) is 117 Å². The molecule has 250 valence electrons. The van der Waals surface area contributed by atoms with Crippen molar-refractivity contribution in [3.05, 3.63) is 0 Å². The van der Waals surface area contributed by atoms with E-state index in [1.54, 1.807) is 6.92 Å². The molecule has 1 heterocycles. The summed E-state index contributed by atoms with van der Waals surface area (Å²) in [6.07, 6.45) is 12.3. The highest BCUT2D eigenvalue weighted by molar-refractivity contribution is 5.76. The second-order valence-corrected chi connectivity index (χ2v) is 12.1. The van der Waals surface area contributed by atoms with Crippen LogP contribution >= 0.6 is 0 Å². The van der Waals surface area contributed by atoms with Gasteiger partial charge >= 0.3 is 0 Å². The Morgan fingerprint density at radius 1 is 0.738 bits per heavy atom. The summed E-state index contributed by atoms with van der Waals surface area (Å²) >= 11 is 0. The number of rotatable bonds is 26. The van der Waals surface area contributed by atoms with Crippen LogP contribution in [0.5, 0.6) is 0 Å². The minimum atomic E-state index is -1.60. The highest BCUT2D eigenvalue weighted by Crippen LogP contribution is 2.22. The molecule has 3 unspecified atom stereocenters. The summed E-state index contributed by atoms with van der Waals surface area (Å²) in [6.45, 7) is 3.05. The minimum absolute atomic E-state index is 0.257. The monoisotopic (exact) mass is 605 g/mol. The maximum absolute atomic E-state index is 12.6. The maximum Gasteiger partial charge on any atom is 0.220 e. The van der Waals surface area contributed by atoms with Crippen LogP contribution < -0.4 is 5.32 Å². The molecule has 1 rings (SSSR count). The van der Waals surface area contributed by atoms with Gasteiger partial charge in [-0.2, -0.15) is 0 Å². The fourth-order valence-electron chi connectivity index (χ4n) is 5.43. The first kappa shape index (κ1) is 39.2. The Labute approximate surface area is 254 Å². The van der Waals surface area contributed by atoms with Crippen molar-refractivity contribution in [1.29, 1.82) is 0 Å². The van der Waals surface area contributed by atoms with Crippen molar-refractivity contribution in [2.45, 2.75) is 185 Å². The quantitative estimate of drug-likeness (QED) is 0.0730. The Bertz CT molecular complexity index is 653. The summed E-state index contributed by atoms with van der Waals surface area (Å²) < 4.78 is 10.9. The van der Waals surface area contributed by atoms with E-state index in [0.29, 0.717) is 0 Å². The summed E-state index contributed by atoms with van der Waals surface area (Å²) in [5.74, 6) is -0.277. The lowest BCUT2D eigenvalue weighted by atomic mass is 9.99. The first-order chi connectivity index (χ1) is 20.3. The highest BCUT2D eigenvalue weighted by Gasteiger charge is 2.44. The summed E-state index contributed by atoms with van der Waals surface area (Å²) in [7, 11) is 0. The van der Waals surface area contributed by atoms with Crippen LogP contribution in [0.3, 0.4) is 0 Å². The standard InChI is InChI=1S/C32H63NO9/c1-3-5-6-7-8-9-10-11-12-13-14-15-16-17-18-19-20-21-27(36)33-24(28(37)25(35)4-2)23-41-32-31(40)30(39)29(38)26(22-34)42-32/h24-26,28-32,34-35,37-40H,3-23H2,1-2H3,(H,33,36)/t24-,25+,26?,28?,29-,30-,31?,32-/m0/s1. The van der Waals surface area contributed by atoms with E-state index < -0.39 is 55.6 Å². The third-order valence-electron chi connectivity index (χ3n) is 8.37. The molecule has 1 fully saturated rings. The number of nitrogens with one attached hydrogen (secondary N) is 1. The normalized spacial score (nSPS) is 24.8. The smallest absolute Gasteiger partial charge is 0.220 e. The molecule has 1 saturated heterocycles. The zero-order valence-electron chi connectivity index (χ0n) is 26.4. The van der Waals surface area contributed by atoms with Gasteiger partial charge in [0.1, 0.15) is 30.5 Å². The second-order valence-electron chi connectivity index (χ2n) is 12.1. The minimum Gasteiger partial charge on any atom is -0.394 e. The number of hydrogen-bond acceptors (Lipinski definition) is 9. The summed E-state index contributed by atoms with van der Waals surface area (Å²) in [5, 5.41) is 62.8. The van der Waals surface area contributed by atoms with Crippen molar-refractivity contribution < 1.29 is 44.9 Å². The van der Waals surface area contributed by atoms with E-state index in [1.165, 1.54) is 83.5 Å². The van der Waals surface area contributed by atoms with Crippen LogP contribution in [0.15, 0.2) is 0 Å². The number of carbonyl (C=O) groups excluding carboxylic acids is 1. The first-order valence-corrected chi connectivity index (χ1v) is 16.8. The van der Waals surface area contributed by atoms with Gasteiger partial charge < -0.3 is 45.4 Å². The average Bonchev–Trinajstić information content (AvgIpc) is 2.99. The van der Waals surface area contributed by atoms with E-state index in [4.69, 9.17) is 9.47 Å². The maximum atomic E-state index is 12.6. The fraction of sp³-hybridized carbons (Fsp3) is 0.969. The Balaban J connectivity index is 2.21. The molecule has 0 aliphatic carbocycles. The molecule has 0 aromatic carbocycles. The third-order valence-corrected chi connectivity index (χ3v) is 8.37. The largest absolute Gasteiger partial charge is 0.394 e. The molecule has 1 aliphatic rings. The van der Waals surface area contributed by atoms with Crippen molar-refractivity contribution in [2.75, 3.05) is 13.2 Å².